The summed E-state index contributed by atoms with van der Waals surface area (Å²) >= 11 is 3.77. The first-order valence-electron chi connectivity index (χ1n) is 34.9. The molecule has 0 saturated heterocycles. The van der Waals surface area contributed by atoms with E-state index in [4.69, 9.17) is 0 Å². The molecule has 4 nitrogen and oxygen atoms in total. The number of benzene rings is 16. The van der Waals surface area contributed by atoms with E-state index in [1.807, 2.05) is 22.7 Å². The van der Waals surface area contributed by atoms with Crippen LogP contribution < -0.4 is 0 Å². The summed E-state index contributed by atoms with van der Waals surface area (Å²) in [5.41, 5.74) is 24.1. The molecule has 0 radical (unpaired) electrons. The minimum Gasteiger partial charge on any atom is -0.309 e. The fourth-order valence-electron chi connectivity index (χ4n) is 16.3. The zero-order valence-corrected chi connectivity index (χ0v) is 56.9. The van der Waals surface area contributed by atoms with Crippen LogP contribution in [0, 0.1) is 0 Å². The lowest BCUT2D eigenvalue weighted by molar-refractivity contribution is 1.17. The van der Waals surface area contributed by atoms with Crippen LogP contribution in [0.1, 0.15) is 0 Å². The average molecular weight is 1330 g/mol. The fourth-order valence-corrected chi connectivity index (χ4v) is 18.5. The highest BCUT2D eigenvalue weighted by molar-refractivity contribution is 7.26. The van der Waals surface area contributed by atoms with Gasteiger partial charge in [-0.05, 0) is 172 Å². The molecule has 0 saturated carbocycles. The van der Waals surface area contributed by atoms with Crippen LogP contribution in [0.15, 0.2) is 364 Å². The Morgan fingerprint density at radius 1 is 0.137 bits per heavy atom. The Balaban J connectivity index is 0.000000133. The van der Waals surface area contributed by atoms with Crippen LogP contribution in [0.25, 0.3) is 195 Å². The van der Waals surface area contributed by atoms with Gasteiger partial charge in [0.1, 0.15) is 0 Å². The number of aromatic nitrogens is 4. The van der Waals surface area contributed by atoms with Gasteiger partial charge in [0.25, 0.3) is 0 Å². The second kappa shape index (κ2) is 23.4. The molecule has 476 valence electrons. The second-order valence-electron chi connectivity index (χ2n) is 26.7. The maximum Gasteiger partial charge on any atom is 0.0562 e. The van der Waals surface area contributed by atoms with Crippen molar-refractivity contribution in [2.75, 3.05) is 0 Å². The lowest BCUT2D eigenvalue weighted by Gasteiger charge is -2.12. The lowest BCUT2D eigenvalue weighted by atomic mass is 9.99. The average Bonchev–Trinajstić information content (AvgIpc) is 1.55. The van der Waals surface area contributed by atoms with Crippen LogP contribution in [0.2, 0.25) is 0 Å². The minimum atomic E-state index is 1.15. The molecule has 22 rings (SSSR count). The highest BCUT2D eigenvalue weighted by atomic mass is 32.1. The highest BCUT2D eigenvalue weighted by Crippen LogP contribution is 2.47. The SMILES string of the molecule is c1ccc(-c2ccc(-c3cccc(-n4c5ccccc5c5cc6c7cc8sc9ccccc9c8cc7n(-c7ccccc7)c6cc54)c3)cc2)cc1.c1ccc(-c2cccc(-c3ccc(-n4c5ccccc5c5cc6c7cc8sc9ccccc9c8cc7n(-c7ccccc7)c6cc54)cc3)c2)cc1. The summed E-state index contributed by atoms with van der Waals surface area (Å²) in [5, 5.41) is 15.4. The van der Waals surface area contributed by atoms with Crippen LogP contribution in [0.5, 0.6) is 0 Å². The van der Waals surface area contributed by atoms with E-state index in [9.17, 15) is 0 Å². The van der Waals surface area contributed by atoms with Crippen molar-refractivity contribution < 1.29 is 0 Å². The van der Waals surface area contributed by atoms with Crippen molar-refractivity contribution >= 4 is 150 Å². The molecule has 6 aromatic heterocycles. The van der Waals surface area contributed by atoms with Crippen LogP contribution in [-0.2, 0) is 0 Å². The molecule has 16 aromatic carbocycles. The quantitative estimate of drug-likeness (QED) is 0.144. The normalized spacial score (nSPS) is 11.9. The van der Waals surface area contributed by atoms with E-state index >= 15 is 0 Å². The molecule has 0 aliphatic carbocycles. The van der Waals surface area contributed by atoms with Gasteiger partial charge < -0.3 is 18.3 Å². The number of hydrogen-bond donors (Lipinski definition) is 0. The summed E-state index contributed by atoms with van der Waals surface area (Å²) in [6, 6.07) is 133. The van der Waals surface area contributed by atoms with E-state index in [0.717, 1.165) is 11.4 Å². The zero-order valence-electron chi connectivity index (χ0n) is 55.2. The molecule has 0 amide bonds. The third-order valence-corrected chi connectivity index (χ3v) is 23.3. The summed E-state index contributed by atoms with van der Waals surface area (Å²) in [7, 11) is 0. The van der Waals surface area contributed by atoms with Crippen molar-refractivity contribution in [1.82, 2.24) is 18.3 Å². The summed E-state index contributed by atoms with van der Waals surface area (Å²) < 4.78 is 15.1. The Morgan fingerprint density at radius 3 is 0.912 bits per heavy atom. The molecular weight excluding hydrogens is 1270 g/mol. The Bertz CT molecular complexity index is 7070. The van der Waals surface area contributed by atoms with Gasteiger partial charge in [-0.2, -0.15) is 0 Å². The summed E-state index contributed by atoms with van der Waals surface area (Å²) in [5.74, 6) is 0. The standard InChI is InChI=1S/2C48H30N2S/c1-3-12-31(13-4-1)33-14-11-15-34(26-33)32-22-24-36(25-23-32)49-43-20-9-7-18-37(43)39-27-40-41-29-48-42(38-19-8-10-21-47(38)51-48)28-44(41)50(46(40)30-45(39)49)35-16-5-2-6-17-35;1-3-12-31(13-4-1)32-22-24-33(25-23-32)34-14-11-17-36(26-34)50-43-20-9-7-18-37(43)39-27-40-41-29-48-42(38-19-8-10-21-47(38)51-48)28-44(41)49(46(40)30-45(39)50)35-15-5-2-6-16-35/h2*1-30H. The molecule has 22 aromatic rings. The molecule has 6 heterocycles. The van der Waals surface area contributed by atoms with Gasteiger partial charge in [-0.1, -0.05) is 237 Å². The first-order valence-corrected chi connectivity index (χ1v) is 36.5. The van der Waals surface area contributed by atoms with Crippen molar-refractivity contribution in [3.8, 4) is 67.3 Å². The predicted molar refractivity (Wildman–Crippen MR) is 438 cm³/mol. The number of hydrogen-bond acceptors (Lipinski definition) is 2. The summed E-state index contributed by atoms with van der Waals surface area (Å²) in [6.45, 7) is 0. The molecule has 0 aliphatic rings. The van der Waals surface area contributed by atoms with E-state index < -0.39 is 0 Å². The number of rotatable bonds is 8. The number of para-hydroxylation sites is 4. The maximum absolute atomic E-state index is 2.46. The third-order valence-electron chi connectivity index (χ3n) is 21.0. The Morgan fingerprint density at radius 2 is 0.431 bits per heavy atom. The summed E-state index contributed by atoms with van der Waals surface area (Å²) in [6.07, 6.45) is 0. The van der Waals surface area contributed by atoms with Crippen LogP contribution in [-0.4, -0.2) is 18.3 Å². The van der Waals surface area contributed by atoms with Crippen LogP contribution >= 0.6 is 22.7 Å². The predicted octanol–water partition coefficient (Wildman–Crippen LogP) is 27.2. The lowest BCUT2D eigenvalue weighted by Crippen LogP contribution is -1.96. The topological polar surface area (TPSA) is 19.7 Å². The first kappa shape index (κ1) is 58.2. The van der Waals surface area contributed by atoms with Crippen LogP contribution in [0.4, 0.5) is 0 Å². The molecule has 0 bridgehead atoms. The van der Waals surface area contributed by atoms with Crippen molar-refractivity contribution in [2.45, 2.75) is 0 Å². The van der Waals surface area contributed by atoms with E-state index in [0.29, 0.717) is 0 Å². The van der Waals surface area contributed by atoms with Gasteiger partial charge in [0.05, 0.1) is 44.1 Å². The van der Waals surface area contributed by atoms with E-state index in [-0.39, 0.29) is 0 Å². The van der Waals surface area contributed by atoms with Crippen molar-refractivity contribution in [3.05, 3.63) is 364 Å². The molecule has 0 N–H and O–H groups in total. The smallest absolute Gasteiger partial charge is 0.0562 e. The van der Waals surface area contributed by atoms with Crippen molar-refractivity contribution in [1.29, 1.82) is 0 Å². The van der Waals surface area contributed by atoms with E-state index in [1.165, 1.54) is 183 Å². The fraction of sp³-hybridized carbons (Fsp3) is 0. The van der Waals surface area contributed by atoms with Crippen LogP contribution in [0.3, 0.4) is 0 Å². The van der Waals surface area contributed by atoms with Gasteiger partial charge in [0, 0.05) is 106 Å². The first-order chi connectivity index (χ1) is 50.6. The molecule has 0 fully saturated rings. The number of thiophene rings is 2. The Hall–Kier alpha value is -12.8. The van der Waals surface area contributed by atoms with E-state index in [1.54, 1.807) is 0 Å². The summed E-state index contributed by atoms with van der Waals surface area (Å²) in [4.78, 5) is 0. The molecule has 0 aliphatic heterocycles. The van der Waals surface area contributed by atoms with Gasteiger partial charge in [0.15, 0.2) is 0 Å². The van der Waals surface area contributed by atoms with Gasteiger partial charge in [-0.3, -0.25) is 0 Å². The number of fused-ring (bicyclic) bond motifs is 18. The largest absolute Gasteiger partial charge is 0.309 e. The van der Waals surface area contributed by atoms with Gasteiger partial charge in [-0.25, -0.2) is 0 Å². The minimum absolute atomic E-state index is 1.15. The highest BCUT2D eigenvalue weighted by Gasteiger charge is 2.23. The third kappa shape index (κ3) is 9.34. The maximum atomic E-state index is 2.46. The molecule has 6 heteroatoms. The van der Waals surface area contributed by atoms with Crippen molar-refractivity contribution in [3.63, 3.8) is 0 Å². The Labute approximate surface area is 595 Å². The van der Waals surface area contributed by atoms with Gasteiger partial charge in [-0.15, -0.1) is 22.7 Å². The zero-order chi connectivity index (χ0) is 66.9. The molecule has 0 unspecified atom stereocenters. The van der Waals surface area contributed by atoms with Crippen molar-refractivity contribution in [2.24, 2.45) is 0 Å². The van der Waals surface area contributed by atoms with Gasteiger partial charge in [0.2, 0.25) is 0 Å². The molecule has 102 heavy (non-hydrogen) atoms. The molecule has 0 atom stereocenters. The Kier molecular flexibility index (Phi) is 13.3. The molecule has 0 spiro atoms. The monoisotopic (exact) mass is 1330 g/mol. The number of nitrogens with zero attached hydrogens (tertiary/aromatic N) is 4. The molecular formula is C96H60N4S2. The second-order valence-corrected chi connectivity index (χ2v) is 28.9. The van der Waals surface area contributed by atoms with Gasteiger partial charge >= 0.3 is 0 Å². The van der Waals surface area contributed by atoms with E-state index in [2.05, 4.69) is 382 Å².